The second-order valence-corrected chi connectivity index (χ2v) is 4.68. The number of benzene rings is 1. The minimum Gasteiger partial charge on any atom is -0.320 e. The molecule has 0 unspecified atom stereocenters. The Kier molecular flexibility index (Phi) is 4.01. The molecule has 1 heterocycles. The molecule has 1 aromatic heterocycles. The van der Waals surface area contributed by atoms with Crippen molar-refractivity contribution in [2.24, 2.45) is 5.73 Å². The fraction of sp³-hybridized carbons (Fsp3) is 0.250. The average molecular weight is 262 g/mol. The standard InChI is InChI=1S/C12H14N4OS/c1-8-14-12(18-16-8)15-11(17)10(13)7-9-5-3-2-4-6-9/h2-6,10H,7,13H2,1H3,(H,14,15,16,17)/t10-/m0/s1. The topological polar surface area (TPSA) is 80.9 Å². The molecule has 0 aliphatic heterocycles. The van der Waals surface area contributed by atoms with Crippen LogP contribution in [0, 0.1) is 6.92 Å². The van der Waals surface area contributed by atoms with Gasteiger partial charge in [-0.15, -0.1) is 0 Å². The lowest BCUT2D eigenvalue weighted by Gasteiger charge is -2.10. The molecule has 3 N–H and O–H groups in total. The molecule has 18 heavy (non-hydrogen) atoms. The number of aryl methyl sites for hydroxylation is 1. The van der Waals surface area contributed by atoms with E-state index in [-0.39, 0.29) is 5.91 Å². The van der Waals surface area contributed by atoms with Crippen LogP contribution >= 0.6 is 11.5 Å². The minimum atomic E-state index is -0.586. The molecule has 0 fully saturated rings. The molecule has 1 amide bonds. The molecule has 94 valence electrons. The third-order valence-electron chi connectivity index (χ3n) is 2.39. The van der Waals surface area contributed by atoms with E-state index in [1.807, 2.05) is 30.3 Å². The number of aromatic nitrogens is 2. The van der Waals surface area contributed by atoms with E-state index < -0.39 is 6.04 Å². The first-order valence-electron chi connectivity index (χ1n) is 5.56. The van der Waals surface area contributed by atoms with Crippen LogP contribution in [0.4, 0.5) is 5.13 Å². The van der Waals surface area contributed by atoms with Gasteiger partial charge in [-0.2, -0.15) is 4.37 Å². The van der Waals surface area contributed by atoms with Gasteiger partial charge < -0.3 is 5.73 Å². The summed E-state index contributed by atoms with van der Waals surface area (Å²) in [7, 11) is 0. The molecule has 0 saturated carbocycles. The summed E-state index contributed by atoms with van der Waals surface area (Å²) >= 11 is 1.15. The highest BCUT2D eigenvalue weighted by Crippen LogP contribution is 2.11. The summed E-state index contributed by atoms with van der Waals surface area (Å²) in [6, 6.07) is 9.09. The molecule has 0 radical (unpaired) electrons. The summed E-state index contributed by atoms with van der Waals surface area (Å²) < 4.78 is 3.99. The molecule has 0 spiro atoms. The van der Waals surface area contributed by atoms with Crippen LogP contribution in [-0.2, 0) is 11.2 Å². The molecule has 6 heteroatoms. The van der Waals surface area contributed by atoms with Gasteiger partial charge in [0.15, 0.2) is 0 Å². The largest absolute Gasteiger partial charge is 0.320 e. The van der Waals surface area contributed by atoms with Crippen LogP contribution in [0.25, 0.3) is 0 Å². The molecule has 0 bridgehead atoms. The van der Waals surface area contributed by atoms with Gasteiger partial charge in [-0.05, 0) is 18.9 Å². The molecule has 0 saturated heterocycles. The molecular weight excluding hydrogens is 248 g/mol. The van der Waals surface area contributed by atoms with Crippen LogP contribution in [0.5, 0.6) is 0 Å². The molecular formula is C12H14N4OS. The lowest BCUT2D eigenvalue weighted by molar-refractivity contribution is -0.117. The van der Waals surface area contributed by atoms with Crippen LogP contribution in [0.15, 0.2) is 30.3 Å². The van der Waals surface area contributed by atoms with E-state index in [0.29, 0.717) is 17.4 Å². The number of hydrogen-bond acceptors (Lipinski definition) is 5. The van der Waals surface area contributed by atoms with Gasteiger partial charge in [0, 0.05) is 11.5 Å². The summed E-state index contributed by atoms with van der Waals surface area (Å²) in [4.78, 5) is 15.9. The van der Waals surface area contributed by atoms with Crippen LogP contribution in [0.3, 0.4) is 0 Å². The van der Waals surface area contributed by atoms with Crippen molar-refractivity contribution in [2.75, 3.05) is 5.32 Å². The van der Waals surface area contributed by atoms with E-state index in [0.717, 1.165) is 17.1 Å². The number of rotatable bonds is 4. The fourth-order valence-electron chi connectivity index (χ4n) is 1.51. The van der Waals surface area contributed by atoms with E-state index in [4.69, 9.17) is 5.73 Å². The third-order valence-corrected chi connectivity index (χ3v) is 3.11. The summed E-state index contributed by atoms with van der Waals surface area (Å²) in [6.45, 7) is 1.77. The van der Waals surface area contributed by atoms with Crippen LogP contribution in [-0.4, -0.2) is 21.3 Å². The number of carbonyl (C=O) groups excluding carboxylic acids is 1. The highest BCUT2D eigenvalue weighted by atomic mass is 32.1. The maximum absolute atomic E-state index is 11.8. The number of carbonyl (C=O) groups is 1. The first kappa shape index (κ1) is 12.7. The molecule has 2 aromatic rings. The highest BCUT2D eigenvalue weighted by molar-refractivity contribution is 7.09. The zero-order valence-electron chi connectivity index (χ0n) is 9.96. The zero-order chi connectivity index (χ0) is 13.0. The first-order chi connectivity index (χ1) is 8.65. The Morgan fingerprint density at radius 2 is 2.17 bits per heavy atom. The van der Waals surface area contributed by atoms with Crippen molar-refractivity contribution in [1.82, 2.24) is 9.36 Å². The van der Waals surface area contributed by atoms with E-state index in [1.165, 1.54) is 0 Å². The number of nitrogens with zero attached hydrogens (tertiary/aromatic N) is 2. The van der Waals surface area contributed by atoms with Crippen molar-refractivity contribution in [3.8, 4) is 0 Å². The number of hydrogen-bond donors (Lipinski definition) is 2. The Hall–Kier alpha value is -1.79. The first-order valence-corrected chi connectivity index (χ1v) is 6.33. The van der Waals surface area contributed by atoms with Crippen molar-refractivity contribution in [3.05, 3.63) is 41.7 Å². The monoisotopic (exact) mass is 262 g/mol. The fourth-order valence-corrected chi connectivity index (χ4v) is 2.09. The Balaban J connectivity index is 1.93. The molecule has 1 aromatic carbocycles. The van der Waals surface area contributed by atoms with Gasteiger partial charge in [-0.1, -0.05) is 30.3 Å². The third kappa shape index (κ3) is 3.35. The van der Waals surface area contributed by atoms with E-state index in [2.05, 4.69) is 14.7 Å². The normalized spacial score (nSPS) is 12.1. The Morgan fingerprint density at radius 1 is 1.44 bits per heavy atom. The number of amides is 1. The minimum absolute atomic E-state index is 0.241. The smallest absolute Gasteiger partial charge is 0.243 e. The Morgan fingerprint density at radius 3 is 2.78 bits per heavy atom. The predicted octanol–water partition coefficient (Wildman–Crippen LogP) is 1.36. The van der Waals surface area contributed by atoms with Gasteiger partial charge in [0.25, 0.3) is 0 Å². The van der Waals surface area contributed by atoms with Crippen molar-refractivity contribution in [3.63, 3.8) is 0 Å². The lowest BCUT2D eigenvalue weighted by atomic mass is 10.1. The maximum atomic E-state index is 11.8. The number of anilines is 1. The average Bonchev–Trinajstić information content (AvgIpc) is 2.76. The quantitative estimate of drug-likeness (QED) is 0.871. The van der Waals surface area contributed by atoms with Crippen LogP contribution in [0.1, 0.15) is 11.4 Å². The van der Waals surface area contributed by atoms with Crippen LogP contribution in [0.2, 0.25) is 0 Å². The van der Waals surface area contributed by atoms with Gasteiger partial charge in [-0.3, -0.25) is 10.1 Å². The van der Waals surface area contributed by atoms with E-state index >= 15 is 0 Å². The summed E-state index contributed by atoms with van der Waals surface area (Å²) in [5.41, 5.74) is 6.88. The summed E-state index contributed by atoms with van der Waals surface area (Å²) in [5, 5.41) is 3.15. The number of nitrogens with one attached hydrogen (secondary N) is 1. The van der Waals surface area contributed by atoms with Gasteiger partial charge in [0.2, 0.25) is 11.0 Å². The Labute approximate surface area is 109 Å². The van der Waals surface area contributed by atoms with Crippen molar-refractivity contribution in [1.29, 1.82) is 0 Å². The van der Waals surface area contributed by atoms with Gasteiger partial charge in [-0.25, -0.2) is 4.98 Å². The van der Waals surface area contributed by atoms with Crippen molar-refractivity contribution < 1.29 is 4.79 Å². The molecule has 5 nitrogen and oxygen atoms in total. The SMILES string of the molecule is Cc1nsc(NC(=O)[C@@H](N)Cc2ccccc2)n1. The van der Waals surface area contributed by atoms with Gasteiger partial charge in [0.1, 0.15) is 5.82 Å². The van der Waals surface area contributed by atoms with Crippen LogP contribution < -0.4 is 11.1 Å². The summed E-state index contributed by atoms with van der Waals surface area (Å²) in [6.07, 6.45) is 0.504. The number of nitrogens with two attached hydrogens (primary N) is 1. The molecule has 2 rings (SSSR count). The van der Waals surface area contributed by atoms with Crippen molar-refractivity contribution in [2.45, 2.75) is 19.4 Å². The van der Waals surface area contributed by atoms with E-state index in [9.17, 15) is 4.79 Å². The molecule has 0 aliphatic carbocycles. The second-order valence-electron chi connectivity index (χ2n) is 3.93. The van der Waals surface area contributed by atoms with Gasteiger partial charge >= 0.3 is 0 Å². The second kappa shape index (κ2) is 5.70. The summed E-state index contributed by atoms with van der Waals surface area (Å²) in [5.74, 6) is 0.405. The molecule has 1 atom stereocenters. The van der Waals surface area contributed by atoms with E-state index in [1.54, 1.807) is 6.92 Å². The molecule has 0 aliphatic rings. The van der Waals surface area contributed by atoms with Crippen molar-refractivity contribution >= 4 is 22.6 Å². The predicted molar refractivity (Wildman–Crippen MR) is 71.4 cm³/mol. The highest BCUT2D eigenvalue weighted by Gasteiger charge is 2.15. The maximum Gasteiger partial charge on any atom is 0.243 e. The lowest BCUT2D eigenvalue weighted by Crippen LogP contribution is -2.37. The zero-order valence-corrected chi connectivity index (χ0v) is 10.8. The Bertz CT molecular complexity index is 526. The van der Waals surface area contributed by atoms with Gasteiger partial charge in [0.05, 0.1) is 6.04 Å².